The molecule has 0 aromatic heterocycles. The molecule has 0 saturated heterocycles. The Bertz CT molecular complexity index is 1240. The molecule has 0 unspecified atom stereocenters. The zero-order valence-electron chi connectivity index (χ0n) is 16.8. The molecule has 0 aliphatic rings. The van der Waals surface area contributed by atoms with Gasteiger partial charge in [0.2, 0.25) is 0 Å². The fraction of sp³-hybridized carbons (Fsp3) is 0.0909. The second-order valence-electron chi connectivity index (χ2n) is 6.82. The number of phenols is 1. The Morgan fingerprint density at radius 3 is 2.06 bits per heavy atom. The number of rotatable bonds is 5. The van der Waals surface area contributed by atoms with Crippen LogP contribution < -0.4 is 4.31 Å². The Morgan fingerprint density at radius 2 is 1.45 bits per heavy atom. The molecule has 2 N–H and O–H groups in total. The van der Waals surface area contributed by atoms with Crippen molar-refractivity contribution < 1.29 is 28.2 Å². The number of benzene rings is 3. The molecule has 3 aromatic carbocycles. The summed E-state index contributed by atoms with van der Waals surface area (Å²) in [5.41, 5.74) is 0.411. The molecular formula is C22H20N2O6S. The highest BCUT2D eigenvalue weighted by Crippen LogP contribution is 2.36. The average molecular weight is 440 g/mol. The summed E-state index contributed by atoms with van der Waals surface area (Å²) in [5.74, 6) is -2.28. The monoisotopic (exact) mass is 440 g/mol. The number of urea groups is 1. The highest BCUT2D eigenvalue weighted by molar-refractivity contribution is 7.93. The Kier molecular flexibility index (Phi) is 5.98. The Hall–Kier alpha value is -3.85. The third kappa shape index (κ3) is 4.22. The molecule has 9 heteroatoms. The molecule has 31 heavy (non-hydrogen) atoms. The number of sulfonamides is 1. The van der Waals surface area contributed by atoms with E-state index < -0.39 is 39.0 Å². The molecule has 3 rings (SSSR count). The van der Waals surface area contributed by atoms with Crippen molar-refractivity contribution >= 4 is 27.7 Å². The molecule has 0 bridgehead atoms. The number of carbonyl (C=O) groups is 2. The second-order valence-corrected chi connectivity index (χ2v) is 8.61. The van der Waals surface area contributed by atoms with Gasteiger partial charge in [0.15, 0.2) is 5.75 Å². The summed E-state index contributed by atoms with van der Waals surface area (Å²) in [6.07, 6.45) is 0. The minimum atomic E-state index is -4.50. The lowest BCUT2D eigenvalue weighted by Crippen LogP contribution is -2.43. The third-order valence-electron chi connectivity index (χ3n) is 4.50. The standard InChI is InChI=1S/C22H20N2O6S/c1-23(2)22(28)24(19-13-7-12-18(20(19)25)21(26)27)31(29,30)17-11-6-10-16(14-17)15-8-4-3-5-9-15/h3-14,25H,1-2H3,(H,26,27). The minimum absolute atomic E-state index is 0.191. The van der Waals surface area contributed by atoms with Crippen molar-refractivity contribution in [3.63, 3.8) is 0 Å². The summed E-state index contributed by atoms with van der Waals surface area (Å²) in [6.45, 7) is 0. The van der Waals surface area contributed by atoms with Gasteiger partial charge in [-0.3, -0.25) is 0 Å². The van der Waals surface area contributed by atoms with E-state index in [1.54, 1.807) is 12.1 Å². The zero-order valence-corrected chi connectivity index (χ0v) is 17.6. The molecule has 0 aliphatic heterocycles. The predicted molar refractivity (Wildman–Crippen MR) is 116 cm³/mol. The summed E-state index contributed by atoms with van der Waals surface area (Å²) >= 11 is 0. The normalized spacial score (nSPS) is 11.0. The summed E-state index contributed by atoms with van der Waals surface area (Å²) < 4.78 is 27.4. The Morgan fingerprint density at radius 1 is 0.839 bits per heavy atom. The van der Waals surface area contributed by atoms with E-state index in [1.165, 1.54) is 38.4 Å². The molecule has 0 spiro atoms. The molecular weight excluding hydrogens is 420 g/mol. The molecule has 3 aromatic rings. The number of nitrogens with zero attached hydrogens (tertiary/aromatic N) is 2. The largest absolute Gasteiger partial charge is 0.505 e. The van der Waals surface area contributed by atoms with Crippen LogP contribution in [-0.2, 0) is 10.0 Å². The molecule has 8 nitrogen and oxygen atoms in total. The van der Waals surface area contributed by atoms with E-state index in [0.29, 0.717) is 9.87 Å². The predicted octanol–water partition coefficient (Wildman–Crippen LogP) is 3.63. The van der Waals surface area contributed by atoms with Crippen molar-refractivity contribution in [1.29, 1.82) is 0 Å². The van der Waals surface area contributed by atoms with Gasteiger partial charge in [0.1, 0.15) is 11.3 Å². The number of carboxylic acid groups (broad SMARTS) is 1. The lowest BCUT2D eigenvalue weighted by Gasteiger charge is -2.26. The number of hydrogen-bond acceptors (Lipinski definition) is 5. The topological polar surface area (TPSA) is 115 Å². The van der Waals surface area contributed by atoms with Crippen LogP contribution in [0, 0.1) is 0 Å². The molecule has 0 aliphatic carbocycles. The number of aromatic hydroxyl groups is 1. The number of para-hydroxylation sites is 1. The molecule has 0 fully saturated rings. The molecule has 2 amide bonds. The summed E-state index contributed by atoms with van der Waals surface area (Å²) in [7, 11) is -1.80. The fourth-order valence-electron chi connectivity index (χ4n) is 2.96. The minimum Gasteiger partial charge on any atom is -0.505 e. The van der Waals surface area contributed by atoms with Gasteiger partial charge in [-0.2, -0.15) is 4.31 Å². The zero-order chi connectivity index (χ0) is 22.8. The van der Waals surface area contributed by atoms with Gasteiger partial charge < -0.3 is 15.1 Å². The first-order chi connectivity index (χ1) is 14.6. The van der Waals surface area contributed by atoms with Gasteiger partial charge in [-0.25, -0.2) is 18.0 Å². The number of amides is 2. The summed E-state index contributed by atoms with van der Waals surface area (Å²) in [5, 5.41) is 19.7. The second kappa shape index (κ2) is 8.49. The van der Waals surface area contributed by atoms with Crippen molar-refractivity contribution in [1.82, 2.24) is 4.90 Å². The SMILES string of the molecule is CN(C)C(=O)N(c1cccc(C(=O)O)c1O)S(=O)(=O)c1cccc(-c2ccccc2)c1. The highest BCUT2D eigenvalue weighted by Gasteiger charge is 2.35. The smallest absolute Gasteiger partial charge is 0.339 e. The number of aromatic carboxylic acids is 1. The quantitative estimate of drug-likeness (QED) is 0.626. The first-order valence-corrected chi connectivity index (χ1v) is 10.6. The maximum atomic E-state index is 13.5. The van der Waals surface area contributed by atoms with Crippen LogP contribution in [0.2, 0.25) is 0 Å². The van der Waals surface area contributed by atoms with E-state index in [9.17, 15) is 28.2 Å². The maximum absolute atomic E-state index is 13.5. The molecule has 0 atom stereocenters. The van der Waals surface area contributed by atoms with E-state index in [-0.39, 0.29) is 4.90 Å². The van der Waals surface area contributed by atoms with Crippen LogP contribution in [0.3, 0.4) is 0 Å². The van der Waals surface area contributed by atoms with Gasteiger partial charge >= 0.3 is 12.0 Å². The van der Waals surface area contributed by atoms with Crippen LogP contribution >= 0.6 is 0 Å². The third-order valence-corrected chi connectivity index (χ3v) is 6.18. The van der Waals surface area contributed by atoms with Crippen LogP contribution in [0.1, 0.15) is 10.4 Å². The fourth-order valence-corrected chi connectivity index (χ4v) is 4.47. The average Bonchev–Trinajstić information content (AvgIpc) is 2.75. The molecule has 0 saturated carbocycles. The lowest BCUT2D eigenvalue weighted by molar-refractivity contribution is 0.0693. The van der Waals surface area contributed by atoms with Crippen molar-refractivity contribution in [2.75, 3.05) is 18.4 Å². The van der Waals surface area contributed by atoms with Crippen molar-refractivity contribution in [3.05, 3.63) is 78.4 Å². The van der Waals surface area contributed by atoms with E-state index >= 15 is 0 Å². The Labute approximate surface area is 179 Å². The first kappa shape index (κ1) is 21.8. The highest BCUT2D eigenvalue weighted by atomic mass is 32.2. The summed E-state index contributed by atoms with van der Waals surface area (Å²) in [6, 6.07) is 17.7. The van der Waals surface area contributed by atoms with Crippen molar-refractivity contribution in [2.45, 2.75) is 4.90 Å². The maximum Gasteiger partial charge on any atom is 0.339 e. The van der Waals surface area contributed by atoms with Crippen molar-refractivity contribution in [3.8, 4) is 16.9 Å². The van der Waals surface area contributed by atoms with E-state index in [4.69, 9.17) is 0 Å². The van der Waals surface area contributed by atoms with E-state index in [0.717, 1.165) is 16.5 Å². The van der Waals surface area contributed by atoms with E-state index in [1.807, 2.05) is 30.3 Å². The number of hydrogen-bond donors (Lipinski definition) is 2. The molecule has 0 heterocycles. The molecule has 0 radical (unpaired) electrons. The van der Waals surface area contributed by atoms with Crippen LogP contribution in [0.4, 0.5) is 10.5 Å². The van der Waals surface area contributed by atoms with Crippen LogP contribution in [-0.4, -0.2) is 49.6 Å². The van der Waals surface area contributed by atoms with Gasteiger partial charge in [0, 0.05) is 14.1 Å². The van der Waals surface area contributed by atoms with Crippen LogP contribution in [0.25, 0.3) is 11.1 Å². The molecule has 160 valence electrons. The van der Waals surface area contributed by atoms with Crippen LogP contribution in [0.15, 0.2) is 77.7 Å². The van der Waals surface area contributed by atoms with Gasteiger partial charge in [0.05, 0.1) is 4.90 Å². The Balaban J connectivity index is 2.20. The number of anilines is 1. The van der Waals surface area contributed by atoms with Gasteiger partial charge in [-0.1, -0.05) is 48.5 Å². The van der Waals surface area contributed by atoms with E-state index in [2.05, 4.69) is 0 Å². The van der Waals surface area contributed by atoms with Gasteiger partial charge in [0.25, 0.3) is 10.0 Å². The van der Waals surface area contributed by atoms with Gasteiger partial charge in [-0.15, -0.1) is 0 Å². The van der Waals surface area contributed by atoms with Crippen molar-refractivity contribution in [2.24, 2.45) is 0 Å². The number of carboxylic acids is 1. The van der Waals surface area contributed by atoms with Gasteiger partial charge in [-0.05, 0) is 35.4 Å². The number of carbonyl (C=O) groups excluding carboxylic acids is 1. The first-order valence-electron chi connectivity index (χ1n) is 9.12. The summed E-state index contributed by atoms with van der Waals surface area (Å²) in [4.78, 5) is 25.1. The van der Waals surface area contributed by atoms with Crippen LogP contribution in [0.5, 0.6) is 5.75 Å². The lowest BCUT2D eigenvalue weighted by atomic mass is 10.1.